The van der Waals surface area contributed by atoms with E-state index in [1.54, 1.807) is 7.11 Å². The molecule has 5 nitrogen and oxygen atoms in total. The molecular weight excluding hydrogens is 184 g/mol. The third kappa shape index (κ3) is 4.21. The van der Waals surface area contributed by atoms with Crippen molar-refractivity contribution in [1.29, 1.82) is 5.26 Å². The Balaban J connectivity index is 0.000000500. The molecule has 14 heavy (non-hydrogen) atoms. The summed E-state index contributed by atoms with van der Waals surface area (Å²) in [7, 11) is 1.71. The van der Waals surface area contributed by atoms with Gasteiger partial charge in [-0.15, -0.1) is 0 Å². The minimum Gasteiger partial charge on any atom is -0.483 e. The first kappa shape index (κ1) is 12.9. The van der Waals surface area contributed by atoms with Gasteiger partial charge in [-0.3, -0.25) is 4.79 Å². The van der Waals surface area contributed by atoms with Crippen LogP contribution in [0.5, 0.6) is 0 Å². The van der Waals surface area contributed by atoms with Crippen LogP contribution in [-0.2, 0) is 9.53 Å². The minimum absolute atomic E-state index is 0.250. The number of nitrogens with zero attached hydrogens (tertiary/aromatic N) is 1. The number of rotatable bonds is 1. The van der Waals surface area contributed by atoms with Gasteiger partial charge in [-0.2, -0.15) is 5.26 Å². The number of hydrogen-bond donors (Lipinski definition) is 2. The fraction of sp³-hybridized carbons (Fsp3) is 0.778. The average molecular weight is 200 g/mol. The van der Waals surface area contributed by atoms with Crippen molar-refractivity contribution in [2.24, 2.45) is 5.73 Å². The van der Waals surface area contributed by atoms with E-state index < -0.39 is 5.54 Å². The Morgan fingerprint density at radius 3 is 2.36 bits per heavy atom. The Bertz CT molecular complexity index is 205. The molecule has 1 saturated carbocycles. The predicted octanol–water partition coefficient (Wildman–Crippen LogP) is 0.497. The summed E-state index contributed by atoms with van der Waals surface area (Å²) in [5.74, 6) is 0. The highest BCUT2D eigenvalue weighted by atomic mass is 16.5. The van der Waals surface area contributed by atoms with Crippen LogP contribution in [0.15, 0.2) is 0 Å². The lowest BCUT2D eigenvalue weighted by atomic mass is 9.82. The summed E-state index contributed by atoms with van der Waals surface area (Å²) >= 11 is 0. The highest BCUT2D eigenvalue weighted by molar-refractivity contribution is 5.32. The van der Waals surface area contributed by atoms with E-state index in [1.165, 1.54) is 0 Å². The molecule has 3 N–H and O–H groups in total. The molecule has 0 spiro atoms. The first-order valence-electron chi connectivity index (χ1n) is 4.42. The molecule has 0 atom stereocenters. The van der Waals surface area contributed by atoms with Gasteiger partial charge in [0.1, 0.15) is 5.54 Å². The molecule has 0 aromatic rings. The number of carboxylic acid groups (broad SMARTS) is 1. The highest BCUT2D eigenvalue weighted by Crippen LogP contribution is 2.26. The van der Waals surface area contributed by atoms with Crippen molar-refractivity contribution in [2.45, 2.75) is 37.3 Å². The minimum atomic E-state index is -0.574. The summed E-state index contributed by atoms with van der Waals surface area (Å²) in [4.78, 5) is 8.36. The Kier molecular flexibility index (Phi) is 5.84. The molecule has 0 radical (unpaired) electrons. The first-order valence-corrected chi connectivity index (χ1v) is 4.42. The van der Waals surface area contributed by atoms with E-state index in [0.717, 1.165) is 25.7 Å². The van der Waals surface area contributed by atoms with E-state index in [-0.39, 0.29) is 6.47 Å². The molecule has 1 rings (SSSR count). The van der Waals surface area contributed by atoms with E-state index in [4.69, 9.17) is 25.6 Å². The van der Waals surface area contributed by atoms with Crippen LogP contribution in [-0.4, -0.2) is 30.3 Å². The van der Waals surface area contributed by atoms with E-state index in [0.29, 0.717) is 6.10 Å². The number of nitrogens with two attached hydrogens (primary N) is 1. The van der Waals surface area contributed by atoms with E-state index in [9.17, 15) is 0 Å². The van der Waals surface area contributed by atoms with Crippen LogP contribution in [0, 0.1) is 11.3 Å². The monoisotopic (exact) mass is 200 g/mol. The number of hydrogen-bond acceptors (Lipinski definition) is 4. The Morgan fingerprint density at radius 1 is 1.64 bits per heavy atom. The molecule has 80 valence electrons. The number of nitriles is 1. The van der Waals surface area contributed by atoms with Crippen LogP contribution in [0.3, 0.4) is 0 Å². The van der Waals surface area contributed by atoms with E-state index in [2.05, 4.69) is 6.07 Å². The van der Waals surface area contributed by atoms with Crippen molar-refractivity contribution in [1.82, 2.24) is 0 Å². The van der Waals surface area contributed by atoms with Crippen molar-refractivity contribution in [3.05, 3.63) is 0 Å². The van der Waals surface area contributed by atoms with Crippen molar-refractivity contribution in [3.8, 4) is 6.07 Å². The predicted molar refractivity (Wildman–Crippen MR) is 50.5 cm³/mol. The lowest BCUT2D eigenvalue weighted by Gasteiger charge is -2.30. The molecule has 0 saturated heterocycles. The van der Waals surface area contributed by atoms with Gasteiger partial charge in [-0.25, -0.2) is 0 Å². The largest absolute Gasteiger partial charge is 0.483 e. The van der Waals surface area contributed by atoms with Crippen LogP contribution >= 0.6 is 0 Å². The van der Waals surface area contributed by atoms with Crippen LogP contribution in [0.2, 0.25) is 0 Å². The normalized spacial score (nSPS) is 30.8. The lowest BCUT2D eigenvalue weighted by Crippen LogP contribution is -2.43. The Hall–Kier alpha value is -1.12. The maximum Gasteiger partial charge on any atom is 0.290 e. The number of methoxy groups -OCH3 is 1. The fourth-order valence-corrected chi connectivity index (χ4v) is 1.45. The standard InChI is InChI=1S/C8H14N2O.CH2O2/c1-11-7-2-4-8(10,6-9)5-3-7;2-1-3/h7H,2-5,10H2,1H3;1H,(H,2,3)/t7-,8-;. The molecule has 1 aliphatic rings. The van der Waals surface area contributed by atoms with Crippen molar-refractivity contribution in [3.63, 3.8) is 0 Å². The smallest absolute Gasteiger partial charge is 0.290 e. The van der Waals surface area contributed by atoms with Gasteiger partial charge in [0.25, 0.3) is 6.47 Å². The van der Waals surface area contributed by atoms with Gasteiger partial charge < -0.3 is 15.6 Å². The van der Waals surface area contributed by atoms with E-state index in [1.807, 2.05) is 0 Å². The molecule has 0 aliphatic heterocycles. The molecular formula is C9H16N2O3. The lowest BCUT2D eigenvalue weighted by molar-refractivity contribution is -0.122. The fourth-order valence-electron chi connectivity index (χ4n) is 1.45. The molecule has 0 aromatic heterocycles. The van der Waals surface area contributed by atoms with Crippen molar-refractivity contribution in [2.75, 3.05) is 7.11 Å². The second kappa shape index (κ2) is 6.35. The molecule has 0 aromatic carbocycles. The van der Waals surface area contributed by atoms with Crippen LogP contribution in [0.4, 0.5) is 0 Å². The second-order valence-corrected chi connectivity index (χ2v) is 3.31. The van der Waals surface area contributed by atoms with Crippen LogP contribution < -0.4 is 5.73 Å². The molecule has 0 bridgehead atoms. The van der Waals surface area contributed by atoms with E-state index >= 15 is 0 Å². The molecule has 1 aliphatic carbocycles. The van der Waals surface area contributed by atoms with Crippen LogP contribution in [0.25, 0.3) is 0 Å². The zero-order chi connectivity index (χ0) is 11.0. The summed E-state index contributed by atoms with van der Waals surface area (Å²) in [5, 5.41) is 15.6. The summed E-state index contributed by atoms with van der Waals surface area (Å²) in [6, 6.07) is 2.15. The highest BCUT2D eigenvalue weighted by Gasteiger charge is 2.31. The zero-order valence-corrected chi connectivity index (χ0v) is 8.27. The quantitative estimate of drug-likeness (QED) is 0.601. The summed E-state index contributed by atoms with van der Waals surface area (Å²) in [5.41, 5.74) is 5.18. The maximum atomic E-state index is 8.69. The van der Waals surface area contributed by atoms with Gasteiger partial charge in [-0.05, 0) is 25.7 Å². The van der Waals surface area contributed by atoms with Gasteiger partial charge in [0, 0.05) is 7.11 Å². The average Bonchev–Trinajstić information content (AvgIpc) is 2.20. The second-order valence-electron chi connectivity index (χ2n) is 3.31. The Morgan fingerprint density at radius 2 is 2.07 bits per heavy atom. The third-order valence-corrected chi connectivity index (χ3v) is 2.38. The first-order chi connectivity index (χ1) is 6.61. The summed E-state index contributed by atoms with van der Waals surface area (Å²) in [6.07, 6.45) is 3.69. The molecule has 0 unspecified atom stereocenters. The van der Waals surface area contributed by atoms with Gasteiger partial charge in [0.2, 0.25) is 0 Å². The topological polar surface area (TPSA) is 96.3 Å². The molecule has 0 amide bonds. The molecule has 0 heterocycles. The van der Waals surface area contributed by atoms with Gasteiger partial charge >= 0.3 is 0 Å². The van der Waals surface area contributed by atoms with Crippen molar-refractivity contribution < 1.29 is 14.6 Å². The summed E-state index contributed by atoms with van der Waals surface area (Å²) in [6.45, 7) is -0.250. The van der Waals surface area contributed by atoms with Gasteiger partial charge in [0.05, 0.1) is 12.2 Å². The maximum absolute atomic E-state index is 8.69. The summed E-state index contributed by atoms with van der Waals surface area (Å²) < 4.78 is 5.16. The molecule has 5 heteroatoms. The van der Waals surface area contributed by atoms with Gasteiger partial charge in [0.15, 0.2) is 0 Å². The Labute approximate surface area is 83.5 Å². The number of ether oxygens (including phenoxy) is 1. The number of carbonyl (C=O) groups is 1. The third-order valence-electron chi connectivity index (χ3n) is 2.38. The van der Waals surface area contributed by atoms with Crippen LogP contribution in [0.1, 0.15) is 25.7 Å². The van der Waals surface area contributed by atoms with Gasteiger partial charge in [-0.1, -0.05) is 0 Å². The molecule has 1 fully saturated rings. The van der Waals surface area contributed by atoms with Crippen molar-refractivity contribution >= 4 is 6.47 Å². The zero-order valence-electron chi connectivity index (χ0n) is 8.27. The SMILES string of the molecule is CO[C@H]1CC[C@@](N)(C#N)CC1.O=CO.